The second kappa shape index (κ2) is 4.38. The maximum absolute atomic E-state index is 3.66. The predicted octanol–water partition coefficient (Wildman–Crippen LogP) is 2.96. The molecular weight excluding hydrogens is 216 g/mol. The molecule has 2 nitrogen and oxygen atoms in total. The van der Waals surface area contributed by atoms with Gasteiger partial charge in [0.15, 0.2) is 0 Å². The van der Waals surface area contributed by atoms with Gasteiger partial charge in [-0.25, -0.2) is 0 Å². The number of anilines is 1. The van der Waals surface area contributed by atoms with Crippen molar-refractivity contribution in [3.05, 3.63) is 16.8 Å². The molecule has 1 N–H and O–H groups in total. The molecule has 16 heavy (non-hydrogen) atoms. The molecular formula is C13H22N2S. The fraction of sp³-hybridized carbons (Fsp3) is 0.692. The predicted molar refractivity (Wildman–Crippen MR) is 72.4 cm³/mol. The van der Waals surface area contributed by atoms with Crippen molar-refractivity contribution in [1.29, 1.82) is 0 Å². The third kappa shape index (κ3) is 2.41. The normalized spacial score (nSPS) is 27.1. The minimum absolute atomic E-state index is 0.328. The molecule has 1 aliphatic heterocycles. The van der Waals surface area contributed by atoms with E-state index in [9.17, 15) is 0 Å². The van der Waals surface area contributed by atoms with E-state index in [4.69, 9.17) is 0 Å². The quantitative estimate of drug-likeness (QED) is 0.809. The van der Waals surface area contributed by atoms with E-state index >= 15 is 0 Å². The van der Waals surface area contributed by atoms with Gasteiger partial charge in [-0.3, -0.25) is 0 Å². The van der Waals surface area contributed by atoms with E-state index in [1.807, 2.05) is 0 Å². The van der Waals surface area contributed by atoms with Gasteiger partial charge >= 0.3 is 0 Å². The van der Waals surface area contributed by atoms with Crippen LogP contribution >= 0.6 is 11.3 Å². The van der Waals surface area contributed by atoms with E-state index in [-0.39, 0.29) is 0 Å². The molecule has 1 aliphatic rings. The molecule has 90 valence electrons. The summed E-state index contributed by atoms with van der Waals surface area (Å²) in [5.74, 6) is 0. The Kier molecular flexibility index (Phi) is 3.27. The molecule has 1 aromatic rings. The number of hydrogen-bond acceptors (Lipinski definition) is 3. The molecule has 2 heterocycles. The van der Waals surface area contributed by atoms with Crippen molar-refractivity contribution < 1.29 is 0 Å². The summed E-state index contributed by atoms with van der Waals surface area (Å²) in [7, 11) is 0. The third-order valence-electron chi connectivity index (χ3n) is 3.45. The summed E-state index contributed by atoms with van der Waals surface area (Å²) in [5, 5.41) is 8.08. The van der Waals surface area contributed by atoms with Crippen LogP contribution in [-0.2, 0) is 0 Å². The maximum Gasteiger partial charge on any atom is 0.0478 e. The van der Waals surface area contributed by atoms with Crippen LogP contribution in [0.3, 0.4) is 0 Å². The van der Waals surface area contributed by atoms with Gasteiger partial charge in [-0.05, 0) is 23.8 Å². The van der Waals surface area contributed by atoms with Crippen molar-refractivity contribution in [3.8, 4) is 0 Å². The molecule has 0 aliphatic carbocycles. The summed E-state index contributed by atoms with van der Waals surface area (Å²) in [4.78, 5) is 2.53. The van der Waals surface area contributed by atoms with Crippen LogP contribution in [0.15, 0.2) is 16.8 Å². The van der Waals surface area contributed by atoms with Gasteiger partial charge < -0.3 is 10.2 Å². The molecule has 0 saturated carbocycles. The summed E-state index contributed by atoms with van der Waals surface area (Å²) in [5.41, 5.74) is 1.71. The molecule has 2 rings (SSSR count). The highest BCUT2D eigenvalue weighted by Gasteiger charge is 2.32. The van der Waals surface area contributed by atoms with E-state index < -0.39 is 0 Å². The van der Waals surface area contributed by atoms with Crippen molar-refractivity contribution in [2.24, 2.45) is 5.41 Å². The molecule has 0 aromatic carbocycles. The van der Waals surface area contributed by atoms with E-state index in [1.54, 1.807) is 11.3 Å². The van der Waals surface area contributed by atoms with Crippen molar-refractivity contribution in [2.45, 2.75) is 39.8 Å². The van der Waals surface area contributed by atoms with Gasteiger partial charge in [0, 0.05) is 36.2 Å². The standard InChI is InChI=1S/C13H22N2S/c1-10-7-14-12(13(2,3)4)8-15(10)11-5-6-16-9-11/h5-6,9-10,12,14H,7-8H2,1-4H3. The van der Waals surface area contributed by atoms with E-state index in [0.29, 0.717) is 17.5 Å². The highest BCUT2D eigenvalue weighted by atomic mass is 32.1. The molecule has 0 radical (unpaired) electrons. The average molecular weight is 238 g/mol. The molecule has 2 unspecified atom stereocenters. The molecule has 0 amide bonds. The van der Waals surface area contributed by atoms with Crippen molar-refractivity contribution in [3.63, 3.8) is 0 Å². The Morgan fingerprint density at radius 2 is 2.19 bits per heavy atom. The van der Waals surface area contributed by atoms with E-state index in [0.717, 1.165) is 13.1 Å². The smallest absolute Gasteiger partial charge is 0.0478 e. The number of thiophene rings is 1. The van der Waals surface area contributed by atoms with E-state index in [2.05, 4.69) is 54.7 Å². The minimum Gasteiger partial charge on any atom is -0.365 e. The molecule has 3 heteroatoms. The van der Waals surface area contributed by atoms with Crippen molar-refractivity contribution >= 4 is 17.0 Å². The van der Waals surface area contributed by atoms with Crippen molar-refractivity contribution in [1.82, 2.24) is 5.32 Å². The Morgan fingerprint density at radius 3 is 2.75 bits per heavy atom. The maximum atomic E-state index is 3.66. The van der Waals surface area contributed by atoms with E-state index in [1.165, 1.54) is 5.69 Å². The fourth-order valence-corrected chi connectivity index (χ4v) is 2.87. The third-order valence-corrected chi connectivity index (χ3v) is 4.12. The van der Waals surface area contributed by atoms with Crippen LogP contribution in [0.2, 0.25) is 0 Å². The highest BCUT2D eigenvalue weighted by Crippen LogP contribution is 2.28. The van der Waals surface area contributed by atoms with Gasteiger partial charge in [0.1, 0.15) is 0 Å². The number of nitrogens with zero attached hydrogens (tertiary/aromatic N) is 1. The Balaban J connectivity index is 2.13. The SMILES string of the molecule is CC1CNC(C(C)(C)C)CN1c1ccsc1. The van der Waals surface area contributed by atoms with Crippen molar-refractivity contribution in [2.75, 3.05) is 18.0 Å². The first-order valence-electron chi connectivity index (χ1n) is 6.00. The second-order valence-electron chi connectivity index (χ2n) is 5.81. The second-order valence-corrected chi connectivity index (χ2v) is 6.59. The molecule has 1 fully saturated rings. The van der Waals surface area contributed by atoms with Gasteiger partial charge in [-0.1, -0.05) is 20.8 Å². The van der Waals surface area contributed by atoms with Crippen LogP contribution in [0.1, 0.15) is 27.7 Å². The zero-order chi connectivity index (χ0) is 11.8. The summed E-state index contributed by atoms with van der Waals surface area (Å²) in [6.07, 6.45) is 0. The first kappa shape index (κ1) is 11.9. The van der Waals surface area contributed by atoms with Gasteiger partial charge in [-0.15, -0.1) is 0 Å². The van der Waals surface area contributed by atoms with Crippen LogP contribution in [0, 0.1) is 5.41 Å². The molecule has 2 atom stereocenters. The molecule has 0 bridgehead atoms. The zero-order valence-electron chi connectivity index (χ0n) is 10.7. The molecule has 1 saturated heterocycles. The summed E-state index contributed by atoms with van der Waals surface area (Å²) in [6.45, 7) is 11.4. The largest absolute Gasteiger partial charge is 0.365 e. The highest BCUT2D eigenvalue weighted by molar-refractivity contribution is 7.08. The first-order chi connectivity index (χ1) is 7.48. The Morgan fingerprint density at radius 1 is 1.44 bits per heavy atom. The lowest BCUT2D eigenvalue weighted by atomic mass is 9.84. The number of hydrogen-bond donors (Lipinski definition) is 1. The van der Waals surface area contributed by atoms with Gasteiger partial charge in [0.05, 0.1) is 0 Å². The topological polar surface area (TPSA) is 15.3 Å². The Hall–Kier alpha value is -0.540. The average Bonchev–Trinajstić information content (AvgIpc) is 2.69. The fourth-order valence-electron chi connectivity index (χ4n) is 2.22. The van der Waals surface area contributed by atoms with Gasteiger partial charge in [-0.2, -0.15) is 11.3 Å². The summed E-state index contributed by atoms with van der Waals surface area (Å²) < 4.78 is 0. The van der Waals surface area contributed by atoms with Crippen LogP contribution in [0.5, 0.6) is 0 Å². The Bertz CT molecular complexity index is 326. The number of piperazine rings is 1. The summed E-state index contributed by atoms with van der Waals surface area (Å²) >= 11 is 1.78. The van der Waals surface area contributed by atoms with Crippen LogP contribution in [-0.4, -0.2) is 25.2 Å². The molecule has 0 spiro atoms. The lowest BCUT2D eigenvalue weighted by molar-refractivity contribution is 0.239. The summed E-state index contributed by atoms with van der Waals surface area (Å²) in [6, 6.07) is 3.39. The Labute approximate surface area is 103 Å². The number of nitrogens with one attached hydrogen (secondary N) is 1. The van der Waals surface area contributed by atoms with Gasteiger partial charge in [0.2, 0.25) is 0 Å². The first-order valence-corrected chi connectivity index (χ1v) is 6.95. The lowest BCUT2D eigenvalue weighted by Crippen LogP contribution is -2.59. The van der Waals surface area contributed by atoms with Crippen LogP contribution in [0.4, 0.5) is 5.69 Å². The monoisotopic (exact) mass is 238 g/mol. The number of rotatable bonds is 1. The van der Waals surface area contributed by atoms with Crippen LogP contribution < -0.4 is 10.2 Å². The zero-order valence-corrected chi connectivity index (χ0v) is 11.5. The van der Waals surface area contributed by atoms with Crippen LogP contribution in [0.25, 0.3) is 0 Å². The minimum atomic E-state index is 0.328. The lowest BCUT2D eigenvalue weighted by Gasteiger charge is -2.44. The van der Waals surface area contributed by atoms with Gasteiger partial charge in [0.25, 0.3) is 0 Å². The molecule has 1 aromatic heterocycles.